The standard InChI is InChI=1S/C13H8ClF2NO2/c14-12-4-1-8(6-17-12)7-19-13(18)10-3-2-9(15)5-11(10)16/h1-6H,7H2. The van der Waals surface area contributed by atoms with Crippen LogP contribution in [0.4, 0.5) is 8.78 Å². The molecule has 2 aromatic rings. The number of hydrogen-bond acceptors (Lipinski definition) is 3. The highest BCUT2D eigenvalue weighted by atomic mass is 35.5. The molecule has 1 aromatic carbocycles. The zero-order chi connectivity index (χ0) is 13.8. The van der Waals surface area contributed by atoms with Crippen LogP contribution in [0, 0.1) is 11.6 Å². The summed E-state index contributed by atoms with van der Waals surface area (Å²) >= 11 is 5.60. The van der Waals surface area contributed by atoms with Crippen LogP contribution in [0.3, 0.4) is 0 Å². The van der Waals surface area contributed by atoms with E-state index in [1.807, 2.05) is 0 Å². The molecule has 0 radical (unpaired) electrons. The minimum Gasteiger partial charge on any atom is -0.457 e. The van der Waals surface area contributed by atoms with Crippen LogP contribution in [0.2, 0.25) is 5.15 Å². The number of carbonyl (C=O) groups excluding carboxylic acids is 1. The number of pyridine rings is 1. The van der Waals surface area contributed by atoms with Gasteiger partial charge in [0.25, 0.3) is 0 Å². The van der Waals surface area contributed by atoms with Crippen LogP contribution in [0.15, 0.2) is 36.5 Å². The van der Waals surface area contributed by atoms with E-state index in [0.717, 1.165) is 12.1 Å². The van der Waals surface area contributed by atoms with E-state index in [1.54, 1.807) is 12.1 Å². The second-order valence-corrected chi connectivity index (χ2v) is 4.08. The predicted octanol–water partition coefficient (Wildman–Crippen LogP) is 3.37. The molecule has 0 fully saturated rings. The first-order chi connectivity index (χ1) is 9.06. The molecule has 3 nitrogen and oxygen atoms in total. The van der Waals surface area contributed by atoms with E-state index >= 15 is 0 Å². The van der Waals surface area contributed by atoms with E-state index in [9.17, 15) is 13.6 Å². The normalized spacial score (nSPS) is 10.3. The molecule has 0 spiro atoms. The molecular formula is C13H8ClF2NO2. The Hall–Kier alpha value is -2.01. The Morgan fingerprint density at radius 2 is 2.05 bits per heavy atom. The van der Waals surface area contributed by atoms with Crippen LogP contribution in [0.1, 0.15) is 15.9 Å². The highest BCUT2D eigenvalue weighted by molar-refractivity contribution is 6.29. The van der Waals surface area contributed by atoms with Crippen molar-refractivity contribution in [1.29, 1.82) is 0 Å². The molecule has 0 atom stereocenters. The second-order valence-electron chi connectivity index (χ2n) is 3.69. The third-order valence-electron chi connectivity index (χ3n) is 2.31. The Morgan fingerprint density at radius 3 is 2.68 bits per heavy atom. The number of aromatic nitrogens is 1. The molecule has 1 aromatic heterocycles. The zero-order valence-electron chi connectivity index (χ0n) is 9.57. The molecular weight excluding hydrogens is 276 g/mol. The van der Waals surface area contributed by atoms with E-state index in [0.29, 0.717) is 16.8 Å². The van der Waals surface area contributed by atoms with Crippen LogP contribution in [0.5, 0.6) is 0 Å². The van der Waals surface area contributed by atoms with Crippen LogP contribution in [0.25, 0.3) is 0 Å². The van der Waals surface area contributed by atoms with Gasteiger partial charge < -0.3 is 4.74 Å². The summed E-state index contributed by atoms with van der Waals surface area (Å²) in [5.41, 5.74) is 0.295. The Bertz CT molecular complexity index is 602. The van der Waals surface area contributed by atoms with E-state index < -0.39 is 17.6 Å². The van der Waals surface area contributed by atoms with Crippen LogP contribution >= 0.6 is 11.6 Å². The van der Waals surface area contributed by atoms with E-state index in [-0.39, 0.29) is 12.2 Å². The fourth-order valence-electron chi connectivity index (χ4n) is 1.37. The number of halogens is 3. The molecule has 98 valence electrons. The summed E-state index contributed by atoms with van der Waals surface area (Å²) in [5, 5.41) is 0.319. The van der Waals surface area contributed by atoms with Crippen LogP contribution in [-0.4, -0.2) is 11.0 Å². The number of hydrogen-bond donors (Lipinski definition) is 0. The van der Waals surface area contributed by atoms with Crippen molar-refractivity contribution in [1.82, 2.24) is 4.98 Å². The molecule has 0 N–H and O–H groups in total. The minimum atomic E-state index is -0.959. The van der Waals surface area contributed by atoms with Gasteiger partial charge in [0, 0.05) is 17.8 Å². The average molecular weight is 284 g/mol. The first kappa shape index (κ1) is 13.4. The molecule has 0 aliphatic heterocycles. The number of nitrogens with zero attached hydrogens (tertiary/aromatic N) is 1. The maximum atomic E-state index is 13.3. The first-order valence-electron chi connectivity index (χ1n) is 5.29. The van der Waals surface area contributed by atoms with Crippen molar-refractivity contribution in [2.75, 3.05) is 0 Å². The van der Waals surface area contributed by atoms with Gasteiger partial charge in [-0.2, -0.15) is 0 Å². The second kappa shape index (κ2) is 5.75. The Balaban J connectivity index is 2.03. The maximum absolute atomic E-state index is 13.3. The number of benzene rings is 1. The van der Waals surface area contributed by atoms with Crippen molar-refractivity contribution in [3.63, 3.8) is 0 Å². The van der Waals surface area contributed by atoms with Crippen LogP contribution < -0.4 is 0 Å². The molecule has 0 unspecified atom stereocenters. The monoisotopic (exact) mass is 283 g/mol. The van der Waals surface area contributed by atoms with Crippen molar-refractivity contribution in [3.8, 4) is 0 Å². The number of carbonyl (C=O) groups is 1. The van der Waals surface area contributed by atoms with Gasteiger partial charge in [-0.3, -0.25) is 0 Å². The maximum Gasteiger partial charge on any atom is 0.341 e. The van der Waals surface area contributed by atoms with Crippen molar-refractivity contribution < 1.29 is 18.3 Å². The summed E-state index contributed by atoms with van der Waals surface area (Å²) < 4.78 is 30.9. The summed E-state index contributed by atoms with van der Waals surface area (Å²) in [7, 11) is 0. The minimum absolute atomic E-state index is 0.0696. The fourth-order valence-corrected chi connectivity index (χ4v) is 1.49. The molecule has 0 aliphatic rings. The summed E-state index contributed by atoms with van der Waals surface area (Å²) in [6.07, 6.45) is 1.44. The van der Waals surface area contributed by atoms with Gasteiger partial charge in [-0.25, -0.2) is 18.6 Å². The first-order valence-corrected chi connectivity index (χ1v) is 5.66. The molecule has 1 heterocycles. The van der Waals surface area contributed by atoms with E-state index in [1.165, 1.54) is 6.20 Å². The lowest BCUT2D eigenvalue weighted by Crippen LogP contribution is -2.08. The summed E-state index contributed by atoms with van der Waals surface area (Å²) in [4.78, 5) is 15.4. The highest BCUT2D eigenvalue weighted by Gasteiger charge is 2.13. The molecule has 0 saturated carbocycles. The lowest BCUT2D eigenvalue weighted by Gasteiger charge is -2.05. The van der Waals surface area contributed by atoms with Gasteiger partial charge in [-0.1, -0.05) is 17.7 Å². The quantitative estimate of drug-likeness (QED) is 0.640. The molecule has 6 heteroatoms. The van der Waals surface area contributed by atoms with Gasteiger partial charge in [0.1, 0.15) is 23.4 Å². The van der Waals surface area contributed by atoms with Gasteiger partial charge >= 0.3 is 5.97 Å². The highest BCUT2D eigenvalue weighted by Crippen LogP contribution is 2.12. The third kappa shape index (κ3) is 3.48. The number of rotatable bonds is 3. The largest absolute Gasteiger partial charge is 0.457 e. The fraction of sp³-hybridized carbons (Fsp3) is 0.0769. The smallest absolute Gasteiger partial charge is 0.341 e. The van der Waals surface area contributed by atoms with E-state index in [4.69, 9.17) is 16.3 Å². The SMILES string of the molecule is O=C(OCc1ccc(Cl)nc1)c1ccc(F)cc1F. The van der Waals surface area contributed by atoms with E-state index in [2.05, 4.69) is 4.98 Å². The predicted molar refractivity (Wildman–Crippen MR) is 64.7 cm³/mol. The summed E-state index contributed by atoms with van der Waals surface area (Å²) in [6.45, 7) is -0.0696. The average Bonchev–Trinajstić information content (AvgIpc) is 2.37. The van der Waals surface area contributed by atoms with Gasteiger partial charge in [-0.05, 0) is 18.2 Å². The molecule has 2 rings (SSSR count). The Labute approximate surface area is 112 Å². The molecule has 19 heavy (non-hydrogen) atoms. The van der Waals surface area contributed by atoms with Crippen molar-refractivity contribution in [3.05, 3.63) is 64.4 Å². The molecule has 0 saturated heterocycles. The Morgan fingerprint density at radius 1 is 1.26 bits per heavy atom. The van der Waals surface area contributed by atoms with Crippen molar-refractivity contribution in [2.45, 2.75) is 6.61 Å². The van der Waals surface area contributed by atoms with Gasteiger partial charge in [0.2, 0.25) is 0 Å². The Kier molecular flexibility index (Phi) is 4.06. The van der Waals surface area contributed by atoms with Gasteiger partial charge in [-0.15, -0.1) is 0 Å². The topological polar surface area (TPSA) is 39.2 Å². The summed E-state index contributed by atoms with van der Waals surface area (Å²) in [6, 6.07) is 5.82. The van der Waals surface area contributed by atoms with Gasteiger partial charge in [0.15, 0.2) is 0 Å². The van der Waals surface area contributed by atoms with Crippen LogP contribution in [-0.2, 0) is 11.3 Å². The third-order valence-corrected chi connectivity index (χ3v) is 2.53. The zero-order valence-corrected chi connectivity index (χ0v) is 10.3. The molecule has 0 aliphatic carbocycles. The number of ether oxygens (including phenoxy) is 1. The molecule has 0 amide bonds. The lowest BCUT2D eigenvalue weighted by atomic mass is 10.2. The number of esters is 1. The molecule has 0 bridgehead atoms. The lowest BCUT2D eigenvalue weighted by molar-refractivity contribution is 0.0467. The van der Waals surface area contributed by atoms with Gasteiger partial charge in [0.05, 0.1) is 5.56 Å². The summed E-state index contributed by atoms with van der Waals surface area (Å²) in [5.74, 6) is -2.58. The van der Waals surface area contributed by atoms with Crippen molar-refractivity contribution >= 4 is 17.6 Å². The van der Waals surface area contributed by atoms with Crippen molar-refractivity contribution in [2.24, 2.45) is 0 Å².